The van der Waals surface area contributed by atoms with Gasteiger partial charge >= 0.3 is 0 Å². The lowest BCUT2D eigenvalue weighted by Gasteiger charge is -2.50. The number of rotatable bonds is 2. The zero-order chi connectivity index (χ0) is 16.1. The van der Waals surface area contributed by atoms with Gasteiger partial charge < -0.3 is 5.32 Å². The number of hydrogen-bond donors (Lipinski definition) is 1. The largest absolute Gasteiger partial charge is 0.317 e. The third-order valence-corrected chi connectivity index (χ3v) is 6.68. The SMILES string of the molecule is CN(C1CCNCC1)C1CC2c3ccccc3C1c1ccccc12. The summed E-state index contributed by atoms with van der Waals surface area (Å²) in [7, 11) is 2.38. The lowest BCUT2D eigenvalue weighted by molar-refractivity contribution is 0.111. The van der Waals surface area contributed by atoms with E-state index in [1.54, 1.807) is 22.3 Å². The smallest absolute Gasteiger partial charge is 0.0251 e. The molecule has 1 atom stereocenters. The van der Waals surface area contributed by atoms with Crippen molar-refractivity contribution in [1.82, 2.24) is 10.2 Å². The van der Waals surface area contributed by atoms with Crippen molar-refractivity contribution in [3.63, 3.8) is 0 Å². The molecule has 124 valence electrons. The fraction of sp³-hybridized carbons (Fsp3) is 0.455. The Morgan fingerprint density at radius 2 is 1.38 bits per heavy atom. The fourth-order valence-corrected chi connectivity index (χ4v) is 5.49. The highest BCUT2D eigenvalue weighted by Gasteiger charge is 2.45. The van der Waals surface area contributed by atoms with E-state index in [1.807, 2.05) is 0 Å². The van der Waals surface area contributed by atoms with E-state index >= 15 is 0 Å². The van der Waals surface area contributed by atoms with Gasteiger partial charge in [0.2, 0.25) is 0 Å². The molecule has 1 heterocycles. The number of benzene rings is 2. The molecular weight excluding hydrogens is 292 g/mol. The van der Waals surface area contributed by atoms with Crippen LogP contribution < -0.4 is 5.32 Å². The molecular formula is C22H26N2. The molecule has 0 amide bonds. The van der Waals surface area contributed by atoms with Gasteiger partial charge in [-0.1, -0.05) is 48.5 Å². The Hall–Kier alpha value is -1.64. The standard InChI is InChI=1S/C22H26N2/c1-24(15-10-12-23-13-11-15)21-14-20-16-6-2-4-8-18(16)22(21)19-9-5-3-7-17(19)20/h2-9,15,20-23H,10-14H2,1H3. The van der Waals surface area contributed by atoms with Crippen LogP contribution in [0.15, 0.2) is 48.5 Å². The number of nitrogens with zero attached hydrogens (tertiary/aromatic N) is 1. The second kappa shape index (κ2) is 5.72. The van der Waals surface area contributed by atoms with Crippen LogP contribution in [0.1, 0.15) is 53.4 Å². The lowest BCUT2D eigenvalue weighted by Crippen LogP contribution is -2.51. The molecule has 0 saturated carbocycles. The third kappa shape index (κ3) is 2.09. The quantitative estimate of drug-likeness (QED) is 0.908. The van der Waals surface area contributed by atoms with E-state index in [2.05, 4.69) is 65.8 Å². The molecule has 6 rings (SSSR count). The molecule has 2 nitrogen and oxygen atoms in total. The van der Waals surface area contributed by atoms with Crippen molar-refractivity contribution in [2.45, 2.75) is 43.2 Å². The molecule has 0 radical (unpaired) electrons. The first-order chi connectivity index (χ1) is 11.8. The Labute approximate surface area is 144 Å². The summed E-state index contributed by atoms with van der Waals surface area (Å²) >= 11 is 0. The Kier molecular flexibility index (Phi) is 3.50. The number of likely N-dealkylation sites (N-methyl/N-ethyl adjacent to an activating group) is 1. The van der Waals surface area contributed by atoms with Crippen LogP contribution in [0.2, 0.25) is 0 Å². The minimum absolute atomic E-state index is 0.544. The maximum atomic E-state index is 3.51. The van der Waals surface area contributed by atoms with Crippen molar-refractivity contribution in [2.75, 3.05) is 20.1 Å². The van der Waals surface area contributed by atoms with E-state index in [9.17, 15) is 0 Å². The fourth-order valence-electron chi connectivity index (χ4n) is 5.49. The number of piperidine rings is 1. The predicted molar refractivity (Wildman–Crippen MR) is 98.6 cm³/mol. The van der Waals surface area contributed by atoms with Gasteiger partial charge in [0.15, 0.2) is 0 Å². The molecule has 0 aromatic heterocycles. The summed E-state index contributed by atoms with van der Waals surface area (Å²) < 4.78 is 0. The maximum absolute atomic E-state index is 3.51. The highest BCUT2D eigenvalue weighted by Crippen LogP contribution is 2.54. The summed E-state index contributed by atoms with van der Waals surface area (Å²) in [6.07, 6.45) is 3.85. The van der Waals surface area contributed by atoms with Crippen LogP contribution in [0.25, 0.3) is 0 Å². The molecule has 0 spiro atoms. The van der Waals surface area contributed by atoms with Crippen molar-refractivity contribution in [3.05, 3.63) is 70.8 Å². The third-order valence-electron chi connectivity index (χ3n) is 6.68. The molecule has 1 N–H and O–H groups in total. The maximum Gasteiger partial charge on any atom is 0.0251 e. The van der Waals surface area contributed by atoms with Gasteiger partial charge in [-0.3, -0.25) is 4.90 Å². The number of fused-ring (bicyclic) bond motifs is 1. The summed E-state index contributed by atoms with van der Waals surface area (Å²) in [6.45, 7) is 2.34. The van der Waals surface area contributed by atoms with Gasteiger partial charge in [0.1, 0.15) is 0 Å². The van der Waals surface area contributed by atoms with Crippen molar-refractivity contribution < 1.29 is 0 Å². The van der Waals surface area contributed by atoms with E-state index in [4.69, 9.17) is 0 Å². The average molecular weight is 318 g/mol. The zero-order valence-corrected chi connectivity index (χ0v) is 14.4. The van der Waals surface area contributed by atoms with Crippen LogP contribution in [0.3, 0.4) is 0 Å². The van der Waals surface area contributed by atoms with E-state index in [0.29, 0.717) is 17.9 Å². The molecule has 2 aromatic rings. The number of nitrogens with one attached hydrogen (secondary N) is 1. The molecule has 2 heteroatoms. The van der Waals surface area contributed by atoms with E-state index in [-0.39, 0.29) is 0 Å². The normalized spacial score (nSPS) is 28.7. The van der Waals surface area contributed by atoms with Gasteiger partial charge in [-0.25, -0.2) is 0 Å². The predicted octanol–water partition coefficient (Wildman–Crippen LogP) is 3.72. The van der Waals surface area contributed by atoms with Crippen molar-refractivity contribution in [3.8, 4) is 0 Å². The molecule has 2 bridgehead atoms. The minimum Gasteiger partial charge on any atom is -0.317 e. The van der Waals surface area contributed by atoms with Crippen molar-refractivity contribution in [1.29, 1.82) is 0 Å². The topological polar surface area (TPSA) is 15.3 Å². The van der Waals surface area contributed by atoms with Crippen LogP contribution in [0, 0.1) is 0 Å². The molecule has 1 saturated heterocycles. The van der Waals surface area contributed by atoms with Crippen molar-refractivity contribution in [2.24, 2.45) is 0 Å². The summed E-state index contributed by atoms with van der Waals surface area (Å²) in [5, 5.41) is 3.51. The van der Waals surface area contributed by atoms with Crippen LogP contribution >= 0.6 is 0 Å². The van der Waals surface area contributed by atoms with Gasteiger partial charge in [0.25, 0.3) is 0 Å². The van der Waals surface area contributed by atoms with E-state index in [0.717, 1.165) is 6.04 Å². The minimum atomic E-state index is 0.544. The first kappa shape index (κ1) is 14.7. The monoisotopic (exact) mass is 318 g/mol. The molecule has 24 heavy (non-hydrogen) atoms. The highest BCUT2D eigenvalue weighted by atomic mass is 15.2. The summed E-state index contributed by atoms with van der Waals surface area (Å²) in [5.41, 5.74) is 6.32. The lowest BCUT2D eigenvalue weighted by atomic mass is 9.61. The van der Waals surface area contributed by atoms with Crippen LogP contribution in [0.4, 0.5) is 0 Å². The first-order valence-corrected chi connectivity index (χ1v) is 9.45. The Balaban J connectivity index is 1.58. The second-order valence-electron chi connectivity index (χ2n) is 7.74. The molecule has 2 aromatic carbocycles. The van der Waals surface area contributed by atoms with Gasteiger partial charge in [0.05, 0.1) is 0 Å². The van der Waals surface area contributed by atoms with Gasteiger partial charge in [0, 0.05) is 23.9 Å². The highest BCUT2D eigenvalue weighted by molar-refractivity contribution is 5.56. The Morgan fingerprint density at radius 1 is 0.833 bits per heavy atom. The summed E-state index contributed by atoms with van der Waals surface area (Å²) in [5.74, 6) is 1.12. The van der Waals surface area contributed by atoms with Crippen LogP contribution in [0.5, 0.6) is 0 Å². The van der Waals surface area contributed by atoms with E-state index in [1.165, 1.54) is 32.4 Å². The summed E-state index contributed by atoms with van der Waals surface area (Å²) in [6, 6.07) is 19.7. The molecule has 1 fully saturated rings. The first-order valence-electron chi connectivity index (χ1n) is 9.45. The van der Waals surface area contributed by atoms with Crippen LogP contribution in [-0.2, 0) is 0 Å². The molecule has 1 aliphatic heterocycles. The molecule has 3 aliphatic carbocycles. The molecule has 1 unspecified atom stereocenters. The number of hydrogen-bond acceptors (Lipinski definition) is 2. The average Bonchev–Trinajstić information content (AvgIpc) is 2.68. The second-order valence-corrected chi connectivity index (χ2v) is 7.74. The Morgan fingerprint density at radius 3 is 1.96 bits per heavy atom. The molecule has 4 aliphatic rings. The summed E-state index contributed by atoms with van der Waals surface area (Å²) in [4.78, 5) is 2.73. The van der Waals surface area contributed by atoms with Gasteiger partial charge in [-0.15, -0.1) is 0 Å². The van der Waals surface area contributed by atoms with E-state index < -0.39 is 0 Å². The Bertz CT molecular complexity index is 700. The van der Waals surface area contributed by atoms with Gasteiger partial charge in [-0.2, -0.15) is 0 Å². The van der Waals surface area contributed by atoms with Gasteiger partial charge in [-0.05, 0) is 61.7 Å². The van der Waals surface area contributed by atoms with Crippen molar-refractivity contribution >= 4 is 0 Å². The zero-order valence-electron chi connectivity index (χ0n) is 14.4. The van der Waals surface area contributed by atoms with Crippen LogP contribution in [-0.4, -0.2) is 37.1 Å².